The van der Waals surface area contributed by atoms with E-state index in [0.29, 0.717) is 11.8 Å². The van der Waals surface area contributed by atoms with E-state index >= 15 is 0 Å². The molecule has 0 aliphatic rings. The number of aromatic nitrogens is 3. The van der Waals surface area contributed by atoms with Gasteiger partial charge in [0.1, 0.15) is 6.33 Å². The Hall–Kier alpha value is -1.68. The zero-order valence-corrected chi connectivity index (χ0v) is 13.5. The van der Waals surface area contributed by atoms with E-state index in [1.54, 1.807) is 0 Å². The summed E-state index contributed by atoms with van der Waals surface area (Å²) in [5.74, 6) is 2.07. The summed E-state index contributed by atoms with van der Waals surface area (Å²) >= 11 is 0. The van der Waals surface area contributed by atoms with Crippen molar-refractivity contribution in [3.8, 4) is 0 Å². The molecule has 0 amide bonds. The first kappa shape index (κ1) is 15.7. The molecule has 0 aliphatic carbocycles. The van der Waals surface area contributed by atoms with E-state index < -0.39 is 0 Å². The quantitative estimate of drug-likeness (QED) is 0.850. The Labute approximate surface area is 127 Å². The molecule has 0 saturated heterocycles. The van der Waals surface area contributed by atoms with Gasteiger partial charge in [0.05, 0.1) is 13.1 Å². The number of nitrogens with one attached hydrogen (secondary N) is 1. The van der Waals surface area contributed by atoms with Crippen molar-refractivity contribution in [1.82, 2.24) is 20.1 Å². The normalized spacial score (nSPS) is 11.5. The van der Waals surface area contributed by atoms with Gasteiger partial charge in [0.2, 0.25) is 0 Å². The lowest BCUT2D eigenvalue weighted by atomic mass is 10.0. The second kappa shape index (κ2) is 7.36. The van der Waals surface area contributed by atoms with E-state index in [2.05, 4.69) is 67.4 Å². The molecule has 2 rings (SSSR count). The fourth-order valence-corrected chi connectivity index (χ4v) is 2.16. The predicted molar refractivity (Wildman–Crippen MR) is 86.2 cm³/mol. The van der Waals surface area contributed by atoms with Crippen LogP contribution in [0.15, 0.2) is 30.6 Å². The SMILES string of the molecule is CC(C)CNCc1ncn(Cc2ccc(C(C)C)cc2)n1. The average Bonchev–Trinajstić information content (AvgIpc) is 2.86. The van der Waals surface area contributed by atoms with Gasteiger partial charge in [-0.25, -0.2) is 9.67 Å². The molecule has 1 heterocycles. The Bertz CT molecular complexity index is 540. The maximum absolute atomic E-state index is 4.50. The second-order valence-electron chi connectivity index (χ2n) is 6.28. The van der Waals surface area contributed by atoms with Crippen LogP contribution >= 0.6 is 0 Å². The minimum Gasteiger partial charge on any atom is -0.310 e. The first-order valence-electron chi connectivity index (χ1n) is 7.72. The smallest absolute Gasteiger partial charge is 0.164 e. The minimum atomic E-state index is 0.573. The van der Waals surface area contributed by atoms with Crippen LogP contribution in [0.2, 0.25) is 0 Å². The summed E-state index contributed by atoms with van der Waals surface area (Å²) in [5.41, 5.74) is 2.63. The van der Waals surface area contributed by atoms with E-state index in [1.165, 1.54) is 11.1 Å². The van der Waals surface area contributed by atoms with Crippen LogP contribution in [-0.4, -0.2) is 21.3 Å². The van der Waals surface area contributed by atoms with E-state index in [4.69, 9.17) is 0 Å². The molecule has 1 N–H and O–H groups in total. The van der Waals surface area contributed by atoms with Gasteiger partial charge in [-0.3, -0.25) is 0 Å². The Morgan fingerprint density at radius 1 is 1.10 bits per heavy atom. The third-order valence-corrected chi connectivity index (χ3v) is 3.41. The van der Waals surface area contributed by atoms with Gasteiger partial charge in [0.25, 0.3) is 0 Å². The molecule has 0 atom stereocenters. The summed E-state index contributed by atoms with van der Waals surface area (Å²) in [6.07, 6.45) is 1.81. The highest BCUT2D eigenvalue weighted by atomic mass is 15.3. The Kier molecular flexibility index (Phi) is 5.51. The number of hydrogen-bond donors (Lipinski definition) is 1. The molecule has 0 bridgehead atoms. The molecule has 0 fully saturated rings. The molecule has 0 saturated carbocycles. The second-order valence-corrected chi connectivity index (χ2v) is 6.28. The highest BCUT2D eigenvalue weighted by Gasteiger charge is 2.03. The van der Waals surface area contributed by atoms with Crippen LogP contribution in [-0.2, 0) is 13.1 Å². The van der Waals surface area contributed by atoms with Crippen molar-refractivity contribution < 1.29 is 0 Å². The van der Waals surface area contributed by atoms with Gasteiger partial charge in [0.15, 0.2) is 5.82 Å². The Balaban J connectivity index is 1.89. The molecule has 0 aliphatic heterocycles. The van der Waals surface area contributed by atoms with Crippen molar-refractivity contribution in [3.63, 3.8) is 0 Å². The fourth-order valence-electron chi connectivity index (χ4n) is 2.16. The molecule has 1 aromatic heterocycles. The number of nitrogens with zero attached hydrogens (tertiary/aromatic N) is 3. The standard InChI is InChI=1S/C17H26N4/c1-13(2)9-18-10-17-19-12-21(20-17)11-15-5-7-16(8-6-15)14(3)4/h5-8,12-14,18H,9-11H2,1-4H3. The summed E-state index contributed by atoms with van der Waals surface area (Å²) in [7, 11) is 0. The van der Waals surface area contributed by atoms with Crippen LogP contribution in [0.1, 0.15) is 50.6 Å². The van der Waals surface area contributed by atoms with Gasteiger partial charge in [-0.15, -0.1) is 0 Å². The summed E-state index contributed by atoms with van der Waals surface area (Å²) in [5, 5.41) is 7.86. The molecule has 0 unspecified atom stereocenters. The van der Waals surface area contributed by atoms with Crippen molar-refractivity contribution in [2.45, 2.75) is 46.7 Å². The molecule has 2 aromatic rings. The molecule has 0 radical (unpaired) electrons. The average molecular weight is 286 g/mol. The zero-order chi connectivity index (χ0) is 15.2. The van der Waals surface area contributed by atoms with Crippen LogP contribution < -0.4 is 5.32 Å². The van der Waals surface area contributed by atoms with Crippen molar-refractivity contribution in [2.75, 3.05) is 6.54 Å². The predicted octanol–water partition coefficient (Wildman–Crippen LogP) is 3.20. The maximum Gasteiger partial charge on any atom is 0.164 e. The van der Waals surface area contributed by atoms with Gasteiger partial charge in [-0.2, -0.15) is 5.10 Å². The molecular weight excluding hydrogens is 260 g/mol. The summed E-state index contributed by atoms with van der Waals surface area (Å²) in [6.45, 7) is 11.3. The van der Waals surface area contributed by atoms with Crippen LogP contribution in [0.3, 0.4) is 0 Å². The Morgan fingerprint density at radius 3 is 2.43 bits per heavy atom. The van der Waals surface area contributed by atoms with Gasteiger partial charge in [-0.05, 0) is 29.5 Å². The highest BCUT2D eigenvalue weighted by Crippen LogP contribution is 2.15. The molecule has 114 valence electrons. The topological polar surface area (TPSA) is 42.7 Å². The monoisotopic (exact) mass is 286 g/mol. The number of benzene rings is 1. The third kappa shape index (κ3) is 4.97. The fraction of sp³-hybridized carbons (Fsp3) is 0.529. The van der Waals surface area contributed by atoms with Crippen LogP contribution in [0.25, 0.3) is 0 Å². The highest BCUT2D eigenvalue weighted by molar-refractivity contribution is 5.24. The molecule has 1 aromatic carbocycles. The first-order chi connectivity index (χ1) is 10.0. The van der Waals surface area contributed by atoms with Crippen LogP contribution in [0.5, 0.6) is 0 Å². The molecule has 0 spiro atoms. The summed E-state index contributed by atoms with van der Waals surface area (Å²) < 4.78 is 1.90. The van der Waals surface area contributed by atoms with Crippen LogP contribution in [0, 0.1) is 5.92 Å². The molecule has 4 heteroatoms. The van der Waals surface area contributed by atoms with E-state index in [1.807, 2.05) is 11.0 Å². The third-order valence-electron chi connectivity index (χ3n) is 3.41. The van der Waals surface area contributed by atoms with E-state index in [0.717, 1.165) is 25.5 Å². The Morgan fingerprint density at radius 2 is 1.81 bits per heavy atom. The number of hydrogen-bond acceptors (Lipinski definition) is 3. The summed E-state index contributed by atoms with van der Waals surface area (Å²) in [4.78, 5) is 4.34. The first-order valence-corrected chi connectivity index (χ1v) is 7.72. The molecular formula is C17H26N4. The van der Waals surface area contributed by atoms with Gasteiger partial charge in [0, 0.05) is 0 Å². The van der Waals surface area contributed by atoms with Crippen molar-refractivity contribution in [1.29, 1.82) is 0 Å². The zero-order valence-electron chi connectivity index (χ0n) is 13.5. The summed E-state index contributed by atoms with van der Waals surface area (Å²) in [6, 6.07) is 8.74. The van der Waals surface area contributed by atoms with Crippen molar-refractivity contribution in [2.24, 2.45) is 5.92 Å². The van der Waals surface area contributed by atoms with Crippen molar-refractivity contribution >= 4 is 0 Å². The van der Waals surface area contributed by atoms with Gasteiger partial charge < -0.3 is 5.32 Å². The van der Waals surface area contributed by atoms with Gasteiger partial charge in [-0.1, -0.05) is 52.0 Å². The lowest BCUT2D eigenvalue weighted by molar-refractivity contribution is 0.539. The molecule has 4 nitrogen and oxygen atoms in total. The van der Waals surface area contributed by atoms with E-state index in [9.17, 15) is 0 Å². The lowest BCUT2D eigenvalue weighted by Gasteiger charge is -2.07. The lowest BCUT2D eigenvalue weighted by Crippen LogP contribution is -2.19. The minimum absolute atomic E-state index is 0.573. The van der Waals surface area contributed by atoms with E-state index in [-0.39, 0.29) is 0 Å². The van der Waals surface area contributed by atoms with Crippen LogP contribution in [0.4, 0.5) is 0 Å². The number of rotatable bonds is 7. The largest absolute Gasteiger partial charge is 0.310 e. The molecule has 21 heavy (non-hydrogen) atoms. The van der Waals surface area contributed by atoms with Gasteiger partial charge >= 0.3 is 0 Å². The maximum atomic E-state index is 4.50. The van der Waals surface area contributed by atoms with Crippen molar-refractivity contribution in [3.05, 3.63) is 47.5 Å².